The van der Waals surface area contributed by atoms with E-state index in [0.717, 1.165) is 23.5 Å². The number of nitrogens with zero attached hydrogens (tertiary/aromatic N) is 4. The average molecular weight is 337 g/mol. The minimum Gasteiger partial charge on any atom is -0.373 e. The van der Waals surface area contributed by atoms with Crippen molar-refractivity contribution in [1.29, 1.82) is 0 Å². The first kappa shape index (κ1) is 16.0. The molecule has 6 nitrogen and oxygen atoms in total. The van der Waals surface area contributed by atoms with Gasteiger partial charge in [0.2, 0.25) is 5.91 Å². The van der Waals surface area contributed by atoms with Gasteiger partial charge in [0, 0.05) is 50.2 Å². The molecule has 3 heterocycles. The maximum Gasteiger partial charge on any atom is 0.223 e. The van der Waals surface area contributed by atoms with E-state index in [0.29, 0.717) is 31.3 Å². The number of rotatable bonds is 4. The molecule has 0 unspecified atom stereocenters. The molecular formula is C19H23N5O. The second-order valence-electron chi connectivity index (χ2n) is 7.11. The zero-order valence-electron chi connectivity index (χ0n) is 14.9. The van der Waals surface area contributed by atoms with E-state index in [4.69, 9.17) is 0 Å². The molecule has 2 aromatic heterocycles. The van der Waals surface area contributed by atoms with Crippen LogP contribution in [0.2, 0.25) is 0 Å². The number of nitrogens with one attached hydrogen (secondary N) is 1. The molecule has 4 rings (SSSR count). The summed E-state index contributed by atoms with van der Waals surface area (Å²) in [6.45, 7) is 5.48. The van der Waals surface area contributed by atoms with Crippen molar-refractivity contribution in [2.45, 2.75) is 45.7 Å². The van der Waals surface area contributed by atoms with Crippen LogP contribution in [0.15, 0.2) is 18.7 Å². The summed E-state index contributed by atoms with van der Waals surface area (Å²) in [6, 6.07) is 0. The molecule has 0 spiro atoms. The maximum absolute atomic E-state index is 12.8. The van der Waals surface area contributed by atoms with E-state index in [1.54, 1.807) is 6.33 Å². The van der Waals surface area contributed by atoms with E-state index < -0.39 is 0 Å². The Hall–Kier alpha value is -2.50. The zero-order chi connectivity index (χ0) is 17.6. The summed E-state index contributed by atoms with van der Waals surface area (Å²) in [4.78, 5) is 27.5. The van der Waals surface area contributed by atoms with E-state index in [1.807, 2.05) is 31.3 Å². The topological polar surface area (TPSA) is 71.0 Å². The molecule has 0 saturated heterocycles. The fourth-order valence-corrected chi connectivity index (χ4v) is 3.85. The Bertz CT molecular complexity index is 820. The highest BCUT2D eigenvalue weighted by molar-refractivity contribution is 5.78. The molecule has 2 aromatic rings. The molecule has 0 radical (unpaired) electrons. The van der Waals surface area contributed by atoms with Crippen LogP contribution in [0.3, 0.4) is 0 Å². The first-order valence-electron chi connectivity index (χ1n) is 8.77. The third-order valence-electron chi connectivity index (χ3n) is 5.58. The molecule has 25 heavy (non-hydrogen) atoms. The van der Waals surface area contributed by atoms with Crippen molar-refractivity contribution in [3.8, 4) is 0 Å². The summed E-state index contributed by atoms with van der Waals surface area (Å²) in [6.07, 6.45) is 6.94. The maximum atomic E-state index is 12.8. The van der Waals surface area contributed by atoms with Crippen LogP contribution in [-0.2, 0) is 17.9 Å². The molecule has 1 aliphatic heterocycles. The molecule has 2 atom stereocenters. The van der Waals surface area contributed by atoms with Gasteiger partial charge in [0.15, 0.2) is 0 Å². The van der Waals surface area contributed by atoms with Crippen molar-refractivity contribution in [2.75, 3.05) is 12.4 Å². The van der Waals surface area contributed by atoms with Gasteiger partial charge in [0.1, 0.15) is 12.1 Å². The van der Waals surface area contributed by atoms with Crippen LogP contribution in [0.1, 0.15) is 46.7 Å². The Labute approximate surface area is 147 Å². The Morgan fingerprint density at radius 3 is 2.68 bits per heavy atom. The van der Waals surface area contributed by atoms with Crippen LogP contribution < -0.4 is 5.32 Å². The largest absolute Gasteiger partial charge is 0.373 e. The summed E-state index contributed by atoms with van der Waals surface area (Å²) in [5.74, 6) is 2.00. The highest BCUT2D eigenvalue weighted by atomic mass is 16.2. The number of hydrogen-bond acceptors (Lipinski definition) is 5. The van der Waals surface area contributed by atoms with Crippen molar-refractivity contribution in [3.63, 3.8) is 0 Å². The van der Waals surface area contributed by atoms with Gasteiger partial charge >= 0.3 is 0 Å². The van der Waals surface area contributed by atoms with Gasteiger partial charge in [-0.05, 0) is 48.8 Å². The fraction of sp³-hybridized carbons (Fsp3) is 0.474. The summed E-state index contributed by atoms with van der Waals surface area (Å²) < 4.78 is 0. The van der Waals surface area contributed by atoms with Crippen LogP contribution in [0.4, 0.5) is 5.82 Å². The number of pyridine rings is 1. The lowest BCUT2D eigenvalue weighted by molar-refractivity contribution is -0.132. The highest BCUT2D eigenvalue weighted by Gasteiger charge is 2.41. The number of aryl methyl sites for hydroxylation is 1. The predicted molar refractivity (Wildman–Crippen MR) is 95.0 cm³/mol. The molecule has 1 N–H and O–H groups in total. The number of fused-ring (bicyclic) bond motifs is 1. The van der Waals surface area contributed by atoms with Crippen molar-refractivity contribution < 1.29 is 4.79 Å². The van der Waals surface area contributed by atoms with Crippen LogP contribution in [0.25, 0.3) is 0 Å². The quantitative estimate of drug-likeness (QED) is 0.928. The lowest BCUT2D eigenvalue weighted by Gasteiger charge is -2.15. The summed E-state index contributed by atoms with van der Waals surface area (Å²) in [7, 11) is 1.89. The fourth-order valence-electron chi connectivity index (χ4n) is 3.85. The molecule has 1 fully saturated rings. The van der Waals surface area contributed by atoms with Crippen molar-refractivity contribution in [2.24, 2.45) is 5.92 Å². The second kappa shape index (κ2) is 6.10. The molecule has 1 amide bonds. The number of aromatic nitrogens is 3. The molecular weight excluding hydrogens is 314 g/mol. The average Bonchev–Trinajstić information content (AvgIpc) is 3.24. The highest BCUT2D eigenvalue weighted by Crippen LogP contribution is 2.49. The van der Waals surface area contributed by atoms with Crippen LogP contribution in [0.5, 0.6) is 0 Å². The van der Waals surface area contributed by atoms with Crippen molar-refractivity contribution in [1.82, 2.24) is 19.9 Å². The smallest absolute Gasteiger partial charge is 0.223 e. The lowest BCUT2D eigenvalue weighted by Crippen LogP contribution is -2.25. The monoisotopic (exact) mass is 337 g/mol. The van der Waals surface area contributed by atoms with Gasteiger partial charge < -0.3 is 10.2 Å². The molecule has 2 aliphatic rings. The SMILES string of the molecule is CNc1nc(C)c(C)c2c1CN(C(=O)C[C@H]1C[C@@H]1c1cncnc1)C2. The van der Waals surface area contributed by atoms with E-state index in [9.17, 15) is 4.79 Å². The molecule has 0 bridgehead atoms. The second-order valence-corrected chi connectivity index (χ2v) is 7.11. The van der Waals surface area contributed by atoms with Gasteiger partial charge in [-0.2, -0.15) is 0 Å². The van der Waals surface area contributed by atoms with Gasteiger partial charge in [-0.3, -0.25) is 4.79 Å². The summed E-state index contributed by atoms with van der Waals surface area (Å²) in [5, 5.41) is 3.17. The Morgan fingerprint density at radius 1 is 1.24 bits per heavy atom. The van der Waals surface area contributed by atoms with Crippen molar-refractivity contribution in [3.05, 3.63) is 46.7 Å². The molecule has 130 valence electrons. The van der Waals surface area contributed by atoms with Gasteiger partial charge in [-0.25, -0.2) is 15.0 Å². The predicted octanol–water partition coefficient (Wildman–Crippen LogP) is 2.57. The van der Waals surface area contributed by atoms with Crippen LogP contribution in [0, 0.1) is 19.8 Å². The lowest BCUT2D eigenvalue weighted by atomic mass is 10.0. The van der Waals surface area contributed by atoms with Gasteiger partial charge in [-0.15, -0.1) is 0 Å². The van der Waals surface area contributed by atoms with E-state index >= 15 is 0 Å². The molecule has 1 saturated carbocycles. The van der Waals surface area contributed by atoms with Gasteiger partial charge in [0.05, 0.1) is 0 Å². The number of anilines is 1. The Morgan fingerprint density at radius 2 is 1.96 bits per heavy atom. The number of carbonyl (C=O) groups excluding carboxylic acids is 1. The van der Waals surface area contributed by atoms with Crippen molar-refractivity contribution >= 4 is 11.7 Å². The number of carbonyl (C=O) groups is 1. The normalized spacial score (nSPS) is 21.2. The first-order chi connectivity index (χ1) is 12.1. The van der Waals surface area contributed by atoms with Crippen LogP contribution >= 0.6 is 0 Å². The molecule has 0 aromatic carbocycles. The minimum atomic E-state index is 0.236. The minimum absolute atomic E-state index is 0.236. The number of hydrogen-bond donors (Lipinski definition) is 1. The van der Waals surface area contributed by atoms with E-state index in [2.05, 4.69) is 27.2 Å². The third-order valence-corrected chi connectivity index (χ3v) is 5.58. The van der Waals surface area contributed by atoms with E-state index in [-0.39, 0.29) is 5.91 Å². The third kappa shape index (κ3) is 2.86. The van der Waals surface area contributed by atoms with Gasteiger partial charge in [-0.1, -0.05) is 0 Å². The molecule has 1 aliphatic carbocycles. The number of amides is 1. The Kier molecular flexibility index (Phi) is 3.90. The van der Waals surface area contributed by atoms with E-state index in [1.165, 1.54) is 16.7 Å². The first-order valence-corrected chi connectivity index (χ1v) is 8.77. The standard InChI is InChI=1S/C19H23N5O/c1-11-12(2)23-19(20-3)17-9-24(8-16(11)17)18(25)5-13-4-15(13)14-6-21-10-22-7-14/h6-7,10,13,15H,4-5,8-9H2,1-3H3,(H,20,23)/t13-,15+/m1/s1. The summed E-state index contributed by atoms with van der Waals surface area (Å²) in [5.41, 5.74) is 5.81. The molecule has 6 heteroatoms. The summed E-state index contributed by atoms with van der Waals surface area (Å²) >= 11 is 0. The van der Waals surface area contributed by atoms with Gasteiger partial charge in [0.25, 0.3) is 0 Å². The zero-order valence-corrected chi connectivity index (χ0v) is 14.9. The Balaban J connectivity index is 1.44. The van der Waals surface area contributed by atoms with Crippen LogP contribution in [-0.4, -0.2) is 32.8 Å².